The summed E-state index contributed by atoms with van der Waals surface area (Å²) in [6.07, 6.45) is 1.56. The molecule has 3 heteroatoms. The third-order valence-electron chi connectivity index (χ3n) is 1.83. The van der Waals surface area contributed by atoms with Crippen molar-refractivity contribution < 1.29 is 9.13 Å². The number of hydrogen-bond acceptors (Lipinski definition) is 2. The molecule has 0 heterocycles. The van der Waals surface area contributed by atoms with Crippen LogP contribution in [0, 0.1) is 5.82 Å². The molecule has 0 aromatic heterocycles. The van der Waals surface area contributed by atoms with Crippen molar-refractivity contribution in [2.75, 3.05) is 13.7 Å². The minimum atomic E-state index is -0.177. The van der Waals surface area contributed by atoms with Crippen LogP contribution in [0.15, 0.2) is 23.1 Å². The Morgan fingerprint density at radius 2 is 2.23 bits per heavy atom. The number of thiol groups is 1. The lowest BCUT2D eigenvalue weighted by atomic mass is 10.1. The van der Waals surface area contributed by atoms with E-state index in [0.29, 0.717) is 17.9 Å². The van der Waals surface area contributed by atoms with Crippen LogP contribution in [0.1, 0.15) is 12.0 Å². The zero-order valence-electron chi connectivity index (χ0n) is 7.59. The highest BCUT2D eigenvalue weighted by atomic mass is 32.1. The van der Waals surface area contributed by atoms with Crippen LogP contribution in [0.2, 0.25) is 0 Å². The van der Waals surface area contributed by atoms with E-state index in [9.17, 15) is 4.39 Å². The van der Waals surface area contributed by atoms with Gasteiger partial charge in [0.15, 0.2) is 0 Å². The minimum absolute atomic E-state index is 0.177. The van der Waals surface area contributed by atoms with Gasteiger partial charge >= 0.3 is 0 Å². The molecular formula is C10H13FOS. The van der Waals surface area contributed by atoms with Gasteiger partial charge in [0.05, 0.1) is 0 Å². The fraction of sp³-hybridized carbons (Fsp3) is 0.400. The summed E-state index contributed by atoms with van der Waals surface area (Å²) in [4.78, 5) is 0.660. The number of benzene rings is 1. The van der Waals surface area contributed by atoms with Gasteiger partial charge in [-0.2, -0.15) is 0 Å². The first-order valence-corrected chi connectivity index (χ1v) is 4.65. The number of rotatable bonds is 4. The van der Waals surface area contributed by atoms with Gasteiger partial charge in [0.25, 0.3) is 0 Å². The predicted molar refractivity (Wildman–Crippen MR) is 53.8 cm³/mol. The molecule has 0 N–H and O–H groups in total. The van der Waals surface area contributed by atoms with E-state index in [1.54, 1.807) is 19.2 Å². The molecule has 13 heavy (non-hydrogen) atoms. The molecule has 0 saturated heterocycles. The van der Waals surface area contributed by atoms with Gasteiger partial charge in [-0.05, 0) is 30.5 Å². The van der Waals surface area contributed by atoms with Crippen molar-refractivity contribution >= 4 is 12.6 Å². The largest absolute Gasteiger partial charge is 0.385 e. The lowest BCUT2D eigenvalue weighted by Crippen LogP contribution is -1.95. The second-order valence-electron chi connectivity index (χ2n) is 2.87. The van der Waals surface area contributed by atoms with Gasteiger partial charge in [-0.15, -0.1) is 12.6 Å². The first-order valence-electron chi connectivity index (χ1n) is 4.20. The summed E-state index contributed by atoms with van der Waals surface area (Å²) in [5.41, 5.74) is 0.731. The molecule has 0 radical (unpaired) electrons. The van der Waals surface area contributed by atoms with Gasteiger partial charge in [0, 0.05) is 18.6 Å². The Kier molecular flexibility index (Phi) is 4.25. The summed E-state index contributed by atoms with van der Waals surface area (Å²) >= 11 is 4.05. The molecule has 0 amide bonds. The van der Waals surface area contributed by atoms with Crippen LogP contribution in [0.5, 0.6) is 0 Å². The van der Waals surface area contributed by atoms with Gasteiger partial charge in [-0.1, -0.05) is 6.07 Å². The maximum Gasteiger partial charge on any atom is 0.127 e. The van der Waals surface area contributed by atoms with Crippen molar-refractivity contribution in [2.45, 2.75) is 17.7 Å². The molecule has 0 fully saturated rings. The summed E-state index contributed by atoms with van der Waals surface area (Å²) in [5.74, 6) is -0.177. The van der Waals surface area contributed by atoms with Crippen molar-refractivity contribution in [3.8, 4) is 0 Å². The molecule has 0 aliphatic carbocycles. The molecule has 0 spiro atoms. The van der Waals surface area contributed by atoms with Crippen LogP contribution < -0.4 is 0 Å². The Hall–Kier alpha value is -0.540. The third-order valence-corrected chi connectivity index (χ3v) is 2.11. The lowest BCUT2D eigenvalue weighted by Gasteiger charge is -2.03. The number of aryl methyl sites for hydroxylation is 1. The summed E-state index contributed by atoms with van der Waals surface area (Å²) in [6.45, 7) is 0.669. The van der Waals surface area contributed by atoms with Gasteiger partial charge in [-0.3, -0.25) is 0 Å². The maximum absolute atomic E-state index is 13.2. The highest BCUT2D eigenvalue weighted by molar-refractivity contribution is 7.80. The zero-order chi connectivity index (χ0) is 9.68. The predicted octanol–water partition coefficient (Wildman–Crippen LogP) is 2.69. The average Bonchev–Trinajstić information content (AvgIpc) is 2.09. The molecule has 1 aromatic carbocycles. The molecule has 1 rings (SSSR count). The van der Waals surface area contributed by atoms with Crippen molar-refractivity contribution in [3.63, 3.8) is 0 Å². The highest BCUT2D eigenvalue weighted by Crippen LogP contribution is 2.14. The molecule has 0 saturated carbocycles. The van der Waals surface area contributed by atoms with E-state index in [-0.39, 0.29) is 5.82 Å². The molecule has 1 nitrogen and oxygen atoms in total. The normalized spacial score (nSPS) is 10.4. The minimum Gasteiger partial charge on any atom is -0.385 e. The molecule has 0 unspecified atom stereocenters. The monoisotopic (exact) mass is 200 g/mol. The van der Waals surface area contributed by atoms with E-state index >= 15 is 0 Å². The summed E-state index contributed by atoms with van der Waals surface area (Å²) < 4.78 is 18.1. The van der Waals surface area contributed by atoms with E-state index in [1.165, 1.54) is 6.07 Å². The SMILES string of the molecule is COCCCc1ccc(S)cc1F. The molecule has 0 atom stereocenters. The van der Waals surface area contributed by atoms with Crippen LogP contribution >= 0.6 is 12.6 Å². The van der Waals surface area contributed by atoms with Crippen LogP contribution in [0.4, 0.5) is 4.39 Å². The molecule has 1 aromatic rings. The van der Waals surface area contributed by atoms with Crippen LogP contribution in [0.25, 0.3) is 0 Å². The van der Waals surface area contributed by atoms with Crippen molar-refractivity contribution in [3.05, 3.63) is 29.6 Å². The van der Waals surface area contributed by atoms with Crippen LogP contribution in [-0.2, 0) is 11.2 Å². The fourth-order valence-corrected chi connectivity index (χ4v) is 1.33. The van der Waals surface area contributed by atoms with Crippen molar-refractivity contribution in [1.29, 1.82) is 0 Å². The standard InChI is InChI=1S/C10H13FOS/c1-12-6-2-3-8-4-5-9(13)7-10(8)11/h4-5,7,13H,2-3,6H2,1H3. The van der Waals surface area contributed by atoms with E-state index < -0.39 is 0 Å². The first kappa shape index (κ1) is 10.5. The van der Waals surface area contributed by atoms with Crippen LogP contribution in [0.3, 0.4) is 0 Å². The quantitative estimate of drug-likeness (QED) is 0.580. The van der Waals surface area contributed by atoms with Crippen molar-refractivity contribution in [1.82, 2.24) is 0 Å². The van der Waals surface area contributed by atoms with Gasteiger partial charge < -0.3 is 4.74 Å². The maximum atomic E-state index is 13.2. The summed E-state index contributed by atoms with van der Waals surface area (Å²) in [5, 5.41) is 0. The smallest absolute Gasteiger partial charge is 0.127 e. The van der Waals surface area contributed by atoms with Gasteiger partial charge in [0.2, 0.25) is 0 Å². The van der Waals surface area contributed by atoms with E-state index in [1.807, 2.05) is 0 Å². The topological polar surface area (TPSA) is 9.23 Å². The van der Waals surface area contributed by atoms with Gasteiger partial charge in [0.1, 0.15) is 5.82 Å². The Bertz CT molecular complexity index is 276. The molecule has 0 aliphatic rings. The number of ether oxygens (including phenoxy) is 1. The number of hydrogen-bond donors (Lipinski definition) is 1. The van der Waals surface area contributed by atoms with Crippen LogP contribution in [-0.4, -0.2) is 13.7 Å². The Balaban J connectivity index is 2.56. The highest BCUT2D eigenvalue weighted by Gasteiger charge is 2.01. The van der Waals surface area contributed by atoms with E-state index in [4.69, 9.17) is 4.74 Å². The molecule has 0 bridgehead atoms. The molecule has 72 valence electrons. The van der Waals surface area contributed by atoms with E-state index in [0.717, 1.165) is 12.0 Å². The number of methoxy groups -OCH3 is 1. The second-order valence-corrected chi connectivity index (χ2v) is 3.39. The summed E-state index contributed by atoms with van der Waals surface area (Å²) in [7, 11) is 1.65. The molecule has 0 aliphatic heterocycles. The van der Waals surface area contributed by atoms with Crippen molar-refractivity contribution in [2.24, 2.45) is 0 Å². The zero-order valence-corrected chi connectivity index (χ0v) is 8.48. The Morgan fingerprint density at radius 1 is 1.46 bits per heavy atom. The third kappa shape index (κ3) is 3.36. The summed E-state index contributed by atoms with van der Waals surface area (Å²) in [6, 6.07) is 5.01. The lowest BCUT2D eigenvalue weighted by molar-refractivity contribution is 0.195. The fourth-order valence-electron chi connectivity index (χ4n) is 1.15. The second kappa shape index (κ2) is 5.25. The van der Waals surface area contributed by atoms with E-state index in [2.05, 4.69) is 12.6 Å². The average molecular weight is 200 g/mol. The Morgan fingerprint density at radius 3 is 2.85 bits per heavy atom. The Labute approximate surface area is 83.3 Å². The number of halogens is 1. The first-order chi connectivity index (χ1) is 6.24. The van der Waals surface area contributed by atoms with Gasteiger partial charge in [-0.25, -0.2) is 4.39 Å². The molecular weight excluding hydrogens is 187 g/mol.